The zero-order chi connectivity index (χ0) is 17.3. The van der Waals surface area contributed by atoms with Crippen LogP contribution in [0.25, 0.3) is 11.1 Å². The van der Waals surface area contributed by atoms with Gasteiger partial charge in [-0.1, -0.05) is 66.2 Å². The van der Waals surface area contributed by atoms with Gasteiger partial charge in [0, 0.05) is 15.6 Å². The van der Waals surface area contributed by atoms with Crippen molar-refractivity contribution in [2.75, 3.05) is 0 Å². The SMILES string of the molecule is C=CC(O)(CC(F)(F)F)c1ccc(-c2ccc(Cl)cc2Cl)cc1. The molecular weight excluding hydrogens is 348 g/mol. The van der Waals surface area contributed by atoms with E-state index in [9.17, 15) is 18.3 Å². The topological polar surface area (TPSA) is 20.2 Å². The van der Waals surface area contributed by atoms with Crippen molar-refractivity contribution < 1.29 is 18.3 Å². The van der Waals surface area contributed by atoms with E-state index in [2.05, 4.69) is 6.58 Å². The lowest BCUT2D eigenvalue weighted by Gasteiger charge is -2.26. The minimum absolute atomic E-state index is 0.110. The second-order valence-corrected chi connectivity index (χ2v) is 5.97. The molecule has 1 N–H and O–H groups in total. The highest BCUT2D eigenvalue weighted by Crippen LogP contribution is 2.37. The maximum atomic E-state index is 12.6. The Morgan fingerprint density at radius 3 is 2.13 bits per heavy atom. The van der Waals surface area contributed by atoms with Crippen molar-refractivity contribution >= 4 is 23.2 Å². The first-order chi connectivity index (χ1) is 10.6. The van der Waals surface area contributed by atoms with E-state index >= 15 is 0 Å². The molecule has 0 bridgehead atoms. The second kappa shape index (κ2) is 6.56. The molecule has 0 saturated carbocycles. The number of hydrogen-bond donors (Lipinski definition) is 1. The van der Waals surface area contributed by atoms with E-state index in [0.717, 1.165) is 6.08 Å². The van der Waals surface area contributed by atoms with Gasteiger partial charge in [-0.25, -0.2) is 0 Å². The monoisotopic (exact) mass is 360 g/mol. The third-order valence-corrected chi connectivity index (χ3v) is 3.98. The molecule has 0 aliphatic rings. The predicted molar refractivity (Wildman–Crippen MR) is 86.7 cm³/mol. The Bertz CT molecular complexity index is 711. The van der Waals surface area contributed by atoms with Crippen molar-refractivity contribution in [1.29, 1.82) is 0 Å². The summed E-state index contributed by atoms with van der Waals surface area (Å²) in [5.41, 5.74) is -0.659. The molecule has 0 radical (unpaired) electrons. The Morgan fingerprint density at radius 2 is 1.65 bits per heavy atom. The van der Waals surface area contributed by atoms with E-state index in [0.29, 0.717) is 21.2 Å². The zero-order valence-electron chi connectivity index (χ0n) is 11.9. The van der Waals surface area contributed by atoms with Gasteiger partial charge < -0.3 is 5.11 Å². The van der Waals surface area contributed by atoms with Crippen LogP contribution < -0.4 is 0 Å². The molecule has 23 heavy (non-hydrogen) atoms. The van der Waals surface area contributed by atoms with E-state index in [-0.39, 0.29) is 5.56 Å². The molecule has 0 saturated heterocycles. The van der Waals surface area contributed by atoms with Crippen molar-refractivity contribution in [3.63, 3.8) is 0 Å². The first-order valence-corrected chi connectivity index (χ1v) is 7.39. The lowest BCUT2D eigenvalue weighted by Crippen LogP contribution is -2.30. The van der Waals surface area contributed by atoms with Gasteiger partial charge in [-0.05, 0) is 23.3 Å². The molecule has 0 fully saturated rings. The minimum Gasteiger partial charge on any atom is -0.381 e. The molecule has 0 aliphatic heterocycles. The molecular formula is C17H13Cl2F3O. The van der Waals surface area contributed by atoms with Crippen molar-refractivity contribution in [1.82, 2.24) is 0 Å². The Labute approximate surface area is 142 Å². The summed E-state index contributed by atoms with van der Waals surface area (Å²) in [6, 6.07) is 11.0. The number of alkyl halides is 3. The number of aliphatic hydroxyl groups is 1. The van der Waals surface area contributed by atoms with Gasteiger partial charge in [0.25, 0.3) is 0 Å². The van der Waals surface area contributed by atoms with Crippen LogP contribution in [0.4, 0.5) is 13.2 Å². The summed E-state index contributed by atoms with van der Waals surface area (Å²) >= 11 is 11.9. The van der Waals surface area contributed by atoms with Gasteiger partial charge >= 0.3 is 6.18 Å². The average molecular weight is 361 g/mol. The molecule has 0 aliphatic carbocycles. The van der Waals surface area contributed by atoms with Gasteiger partial charge in [-0.15, -0.1) is 0 Å². The van der Waals surface area contributed by atoms with Crippen molar-refractivity contribution in [2.45, 2.75) is 18.2 Å². The molecule has 122 valence electrons. The van der Waals surface area contributed by atoms with Crippen LogP contribution in [0.5, 0.6) is 0 Å². The van der Waals surface area contributed by atoms with E-state index in [1.54, 1.807) is 30.3 Å². The quantitative estimate of drug-likeness (QED) is 0.664. The predicted octanol–water partition coefficient (Wildman–Crippen LogP) is 5.99. The normalized spacial score (nSPS) is 14.3. The molecule has 0 heterocycles. The van der Waals surface area contributed by atoms with Crippen LogP contribution in [0, 0.1) is 0 Å². The molecule has 6 heteroatoms. The number of rotatable bonds is 4. The van der Waals surface area contributed by atoms with Crippen molar-refractivity contribution in [3.05, 3.63) is 70.7 Å². The Hall–Kier alpha value is -1.49. The molecule has 1 nitrogen and oxygen atoms in total. The highest BCUT2D eigenvalue weighted by Gasteiger charge is 2.40. The van der Waals surface area contributed by atoms with Gasteiger partial charge in [0.1, 0.15) is 5.60 Å². The third-order valence-electron chi connectivity index (χ3n) is 3.43. The van der Waals surface area contributed by atoms with Crippen LogP contribution in [0.1, 0.15) is 12.0 Å². The largest absolute Gasteiger partial charge is 0.392 e. The highest BCUT2D eigenvalue weighted by atomic mass is 35.5. The molecule has 1 atom stereocenters. The van der Waals surface area contributed by atoms with Crippen LogP contribution >= 0.6 is 23.2 Å². The molecule has 1 unspecified atom stereocenters. The third kappa shape index (κ3) is 4.28. The van der Waals surface area contributed by atoms with Gasteiger partial charge in [0.05, 0.1) is 6.42 Å². The molecule has 2 aromatic rings. The fourth-order valence-electron chi connectivity index (χ4n) is 2.26. The fraction of sp³-hybridized carbons (Fsp3) is 0.176. The summed E-state index contributed by atoms with van der Waals surface area (Å²) in [6.45, 7) is 3.31. The summed E-state index contributed by atoms with van der Waals surface area (Å²) in [7, 11) is 0. The minimum atomic E-state index is -4.51. The molecule has 0 amide bonds. The highest BCUT2D eigenvalue weighted by molar-refractivity contribution is 6.36. The summed E-state index contributed by atoms with van der Waals surface area (Å²) in [5, 5.41) is 11.1. The number of benzene rings is 2. The summed E-state index contributed by atoms with van der Waals surface area (Å²) in [6.07, 6.45) is -5.02. The van der Waals surface area contributed by atoms with Crippen LogP contribution in [0.3, 0.4) is 0 Å². The average Bonchev–Trinajstić information content (AvgIpc) is 2.45. The van der Waals surface area contributed by atoms with Gasteiger partial charge in [-0.3, -0.25) is 0 Å². The summed E-state index contributed by atoms with van der Waals surface area (Å²) in [5.74, 6) is 0. The Morgan fingerprint density at radius 1 is 1.04 bits per heavy atom. The lowest BCUT2D eigenvalue weighted by molar-refractivity contribution is -0.168. The zero-order valence-corrected chi connectivity index (χ0v) is 13.4. The fourth-order valence-corrected chi connectivity index (χ4v) is 2.78. The molecule has 2 rings (SSSR count). The maximum absolute atomic E-state index is 12.6. The van der Waals surface area contributed by atoms with Crippen molar-refractivity contribution in [3.8, 4) is 11.1 Å². The van der Waals surface area contributed by atoms with Crippen LogP contribution in [0.15, 0.2) is 55.1 Å². The number of hydrogen-bond acceptors (Lipinski definition) is 1. The van der Waals surface area contributed by atoms with Gasteiger partial charge in [0.2, 0.25) is 0 Å². The molecule has 2 aromatic carbocycles. The van der Waals surface area contributed by atoms with E-state index in [1.165, 1.54) is 12.1 Å². The van der Waals surface area contributed by atoms with E-state index in [1.807, 2.05) is 0 Å². The molecule has 0 spiro atoms. The Balaban J connectivity index is 2.36. The second-order valence-electron chi connectivity index (χ2n) is 5.12. The van der Waals surface area contributed by atoms with Gasteiger partial charge in [-0.2, -0.15) is 13.2 Å². The number of halogens is 5. The summed E-state index contributed by atoms with van der Waals surface area (Å²) < 4.78 is 37.9. The van der Waals surface area contributed by atoms with E-state index < -0.39 is 18.2 Å². The standard InChI is InChI=1S/C17H13Cl2F3O/c1-2-16(23,10-17(20,21)22)12-5-3-11(4-6-12)14-8-7-13(18)9-15(14)19/h2-9,23H,1,10H2. The summed E-state index contributed by atoms with van der Waals surface area (Å²) in [4.78, 5) is 0. The van der Waals surface area contributed by atoms with Gasteiger partial charge in [0.15, 0.2) is 0 Å². The first-order valence-electron chi connectivity index (χ1n) is 6.63. The lowest BCUT2D eigenvalue weighted by atomic mass is 9.89. The van der Waals surface area contributed by atoms with Crippen LogP contribution in [-0.4, -0.2) is 11.3 Å². The van der Waals surface area contributed by atoms with E-state index in [4.69, 9.17) is 23.2 Å². The first kappa shape index (κ1) is 17.9. The van der Waals surface area contributed by atoms with Crippen molar-refractivity contribution in [2.24, 2.45) is 0 Å². The maximum Gasteiger partial charge on any atom is 0.392 e. The smallest absolute Gasteiger partial charge is 0.381 e. The van der Waals surface area contributed by atoms with Crippen LogP contribution in [-0.2, 0) is 5.60 Å². The Kier molecular flexibility index (Phi) is 5.09. The molecule has 0 aromatic heterocycles. The van der Waals surface area contributed by atoms with Crippen LogP contribution in [0.2, 0.25) is 10.0 Å².